The predicted molar refractivity (Wildman–Crippen MR) is 86.1 cm³/mol. The van der Waals surface area contributed by atoms with Crippen molar-refractivity contribution in [1.29, 1.82) is 0 Å². The molecule has 2 aromatic carbocycles. The fourth-order valence-electron chi connectivity index (χ4n) is 3.04. The average Bonchev–Trinajstić information content (AvgIpc) is 3.10. The summed E-state index contributed by atoms with van der Waals surface area (Å²) in [6.07, 6.45) is 3.48. The molecule has 0 fully saturated rings. The number of hydrogen-bond donors (Lipinski definition) is 0. The van der Waals surface area contributed by atoms with Crippen LogP contribution < -0.4 is 0 Å². The zero-order valence-corrected chi connectivity index (χ0v) is 11.6. The minimum atomic E-state index is 0.618. The Morgan fingerprint density at radius 1 is 0.773 bits per heavy atom. The molecule has 0 atom stereocenters. The quantitative estimate of drug-likeness (QED) is 0.460. The van der Waals surface area contributed by atoms with Crippen molar-refractivity contribution in [2.45, 2.75) is 0 Å². The maximum Gasteiger partial charge on any atom is 0.236 e. The Kier molecular flexibility index (Phi) is 2.19. The second-order valence-corrected chi connectivity index (χ2v) is 5.18. The van der Waals surface area contributed by atoms with Gasteiger partial charge in [0, 0.05) is 23.2 Å². The van der Waals surface area contributed by atoms with Crippen LogP contribution in [0.3, 0.4) is 0 Å². The summed E-state index contributed by atoms with van der Waals surface area (Å²) in [7, 11) is 0. The van der Waals surface area contributed by atoms with Gasteiger partial charge in [-0.15, -0.1) is 0 Å². The van der Waals surface area contributed by atoms with E-state index in [9.17, 15) is 0 Å². The van der Waals surface area contributed by atoms with Crippen LogP contribution in [-0.4, -0.2) is 14.5 Å². The van der Waals surface area contributed by atoms with E-state index < -0.39 is 0 Å². The van der Waals surface area contributed by atoms with Crippen LogP contribution in [0.5, 0.6) is 0 Å². The van der Waals surface area contributed by atoms with E-state index in [1.165, 1.54) is 0 Å². The van der Waals surface area contributed by atoms with Gasteiger partial charge in [-0.3, -0.25) is 0 Å². The van der Waals surface area contributed by atoms with E-state index in [1.807, 2.05) is 41.0 Å². The van der Waals surface area contributed by atoms with Crippen molar-refractivity contribution < 1.29 is 4.42 Å². The third-order valence-corrected chi connectivity index (χ3v) is 3.95. The second kappa shape index (κ2) is 4.18. The average molecular weight is 285 g/mol. The number of aromatic nitrogens is 3. The van der Waals surface area contributed by atoms with Gasteiger partial charge < -0.3 is 4.42 Å². The molecule has 0 spiro atoms. The fourth-order valence-corrected chi connectivity index (χ4v) is 3.04. The predicted octanol–water partition coefficient (Wildman–Crippen LogP) is 4.32. The van der Waals surface area contributed by atoms with Crippen LogP contribution in [0, 0.1) is 0 Å². The molecule has 5 aromatic rings. The molecule has 0 unspecified atom stereocenters. The van der Waals surface area contributed by atoms with Gasteiger partial charge in [-0.1, -0.05) is 36.4 Å². The molecule has 0 N–H and O–H groups in total. The topological polar surface area (TPSA) is 43.9 Å². The summed E-state index contributed by atoms with van der Waals surface area (Å²) in [5.41, 5.74) is 2.71. The molecule has 0 aliphatic rings. The van der Waals surface area contributed by atoms with Crippen molar-refractivity contribution in [2.24, 2.45) is 0 Å². The van der Waals surface area contributed by atoms with Crippen molar-refractivity contribution in [3.05, 3.63) is 67.0 Å². The first-order valence-electron chi connectivity index (χ1n) is 7.11. The summed E-state index contributed by atoms with van der Waals surface area (Å²) in [6.45, 7) is 0. The highest BCUT2D eigenvalue weighted by molar-refractivity contribution is 6.19. The summed E-state index contributed by atoms with van der Waals surface area (Å²) in [6, 6.07) is 18.1. The van der Waals surface area contributed by atoms with Gasteiger partial charge in [0.2, 0.25) is 11.7 Å². The molecular weight excluding hydrogens is 274 g/mol. The molecule has 0 amide bonds. The minimum Gasteiger partial charge on any atom is -0.439 e. The molecular formula is C18H11N3O. The van der Waals surface area contributed by atoms with Crippen molar-refractivity contribution >= 4 is 33.0 Å². The molecule has 0 aliphatic heterocycles. The summed E-state index contributed by atoms with van der Waals surface area (Å²) in [5.74, 6) is 0.618. The largest absolute Gasteiger partial charge is 0.439 e. The van der Waals surface area contributed by atoms with E-state index >= 15 is 0 Å². The maximum atomic E-state index is 6.11. The molecule has 3 heterocycles. The van der Waals surface area contributed by atoms with Crippen LogP contribution in [-0.2, 0) is 0 Å². The van der Waals surface area contributed by atoms with E-state index in [0.29, 0.717) is 5.95 Å². The molecule has 4 nitrogen and oxygen atoms in total. The van der Waals surface area contributed by atoms with Gasteiger partial charge in [-0.2, -0.15) is 0 Å². The second-order valence-electron chi connectivity index (χ2n) is 5.18. The van der Waals surface area contributed by atoms with Gasteiger partial charge in [-0.25, -0.2) is 14.5 Å². The summed E-state index contributed by atoms with van der Waals surface area (Å²) in [5, 5.41) is 3.37. The van der Waals surface area contributed by atoms with Crippen LogP contribution in [0.4, 0.5) is 0 Å². The molecule has 0 bridgehead atoms. The van der Waals surface area contributed by atoms with E-state index in [-0.39, 0.29) is 0 Å². The Labute approximate surface area is 125 Å². The Morgan fingerprint density at radius 3 is 2.36 bits per heavy atom. The Bertz CT molecular complexity index is 1120. The molecule has 0 saturated carbocycles. The lowest BCUT2D eigenvalue weighted by Crippen LogP contribution is -1.98. The van der Waals surface area contributed by atoms with Crippen LogP contribution in [0.15, 0.2) is 71.4 Å². The standard InChI is InChI=1S/C18H11N3O/c1-3-8-14-12(6-1)16-13-7-2-4-9-15(13)22-17(16)21(14)18-19-10-5-11-20-18/h1-11H. The van der Waals surface area contributed by atoms with Crippen LogP contribution in [0.1, 0.15) is 0 Å². The highest BCUT2D eigenvalue weighted by Crippen LogP contribution is 2.37. The monoisotopic (exact) mass is 285 g/mol. The molecule has 0 saturated heterocycles. The van der Waals surface area contributed by atoms with E-state index in [0.717, 1.165) is 33.0 Å². The number of rotatable bonds is 1. The highest BCUT2D eigenvalue weighted by atomic mass is 16.3. The van der Waals surface area contributed by atoms with Crippen molar-refractivity contribution in [2.75, 3.05) is 0 Å². The first-order chi connectivity index (χ1) is 10.9. The summed E-state index contributed by atoms with van der Waals surface area (Å²) in [4.78, 5) is 8.77. The number of para-hydroxylation sites is 2. The molecule has 104 valence electrons. The van der Waals surface area contributed by atoms with Crippen LogP contribution in [0.25, 0.3) is 38.9 Å². The summed E-state index contributed by atoms with van der Waals surface area (Å²) < 4.78 is 8.08. The lowest BCUT2D eigenvalue weighted by molar-refractivity contribution is 0.641. The number of furan rings is 1. The van der Waals surface area contributed by atoms with Gasteiger partial charge in [0.1, 0.15) is 5.58 Å². The SMILES string of the molecule is c1cnc(-n2c3ccccc3c3c4ccccc4oc32)nc1. The third kappa shape index (κ3) is 1.41. The zero-order chi connectivity index (χ0) is 14.5. The Morgan fingerprint density at radius 2 is 1.50 bits per heavy atom. The maximum absolute atomic E-state index is 6.11. The van der Waals surface area contributed by atoms with Gasteiger partial charge in [0.15, 0.2) is 0 Å². The van der Waals surface area contributed by atoms with Gasteiger partial charge in [-0.05, 0) is 18.2 Å². The van der Waals surface area contributed by atoms with Crippen molar-refractivity contribution in [1.82, 2.24) is 14.5 Å². The molecule has 4 heteroatoms. The lowest BCUT2D eigenvalue weighted by atomic mass is 10.1. The minimum absolute atomic E-state index is 0.618. The first kappa shape index (κ1) is 11.5. The number of nitrogens with zero attached hydrogens (tertiary/aromatic N) is 3. The number of fused-ring (bicyclic) bond motifs is 5. The molecule has 22 heavy (non-hydrogen) atoms. The highest BCUT2D eigenvalue weighted by Gasteiger charge is 2.19. The van der Waals surface area contributed by atoms with Crippen LogP contribution in [0.2, 0.25) is 0 Å². The fraction of sp³-hybridized carbons (Fsp3) is 0. The van der Waals surface area contributed by atoms with Crippen molar-refractivity contribution in [3.63, 3.8) is 0 Å². The zero-order valence-electron chi connectivity index (χ0n) is 11.6. The summed E-state index contributed by atoms with van der Waals surface area (Å²) >= 11 is 0. The number of benzene rings is 2. The normalized spacial score (nSPS) is 11.6. The van der Waals surface area contributed by atoms with E-state index in [1.54, 1.807) is 12.4 Å². The third-order valence-electron chi connectivity index (χ3n) is 3.95. The van der Waals surface area contributed by atoms with Gasteiger partial charge in [0.05, 0.1) is 10.9 Å². The molecule has 5 rings (SSSR count). The van der Waals surface area contributed by atoms with Crippen molar-refractivity contribution in [3.8, 4) is 5.95 Å². The van der Waals surface area contributed by atoms with Gasteiger partial charge >= 0.3 is 0 Å². The molecule has 3 aromatic heterocycles. The van der Waals surface area contributed by atoms with E-state index in [2.05, 4.69) is 28.2 Å². The molecule has 0 aliphatic carbocycles. The number of hydrogen-bond acceptors (Lipinski definition) is 3. The van der Waals surface area contributed by atoms with Gasteiger partial charge in [0.25, 0.3) is 0 Å². The smallest absolute Gasteiger partial charge is 0.236 e. The van der Waals surface area contributed by atoms with Crippen LogP contribution >= 0.6 is 0 Å². The van der Waals surface area contributed by atoms with E-state index in [4.69, 9.17) is 4.42 Å². The first-order valence-corrected chi connectivity index (χ1v) is 7.11. The Balaban J connectivity index is 2.07. The molecule has 0 radical (unpaired) electrons. The lowest BCUT2D eigenvalue weighted by Gasteiger charge is -2.02. The Hall–Kier alpha value is -3.14.